The third-order valence-electron chi connectivity index (χ3n) is 3.32. The van der Waals surface area contributed by atoms with Crippen molar-refractivity contribution in [2.45, 2.75) is 66.8 Å². The summed E-state index contributed by atoms with van der Waals surface area (Å²) in [6.45, 7) is 14.9. The minimum absolute atomic E-state index is 0.383. The van der Waals surface area contributed by atoms with Crippen molar-refractivity contribution in [1.29, 1.82) is 0 Å². The first-order valence-corrected chi connectivity index (χ1v) is 9.08. The highest BCUT2D eigenvalue weighted by Gasteiger charge is 2.13. The molecule has 0 fully saturated rings. The van der Waals surface area contributed by atoms with Gasteiger partial charge in [-0.15, -0.1) is 11.3 Å². The summed E-state index contributed by atoms with van der Waals surface area (Å²) in [4.78, 5) is 10.3. The van der Waals surface area contributed by atoms with Crippen LogP contribution in [0, 0.1) is 12.3 Å². The van der Waals surface area contributed by atoms with Crippen LogP contribution in [-0.4, -0.2) is 30.1 Å². The average Bonchev–Trinajstić information content (AvgIpc) is 2.81. The van der Waals surface area contributed by atoms with E-state index in [0.717, 1.165) is 36.9 Å². The van der Waals surface area contributed by atoms with E-state index in [9.17, 15) is 0 Å². The van der Waals surface area contributed by atoms with Crippen molar-refractivity contribution in [2.75, 3.05) is 13.1 Å². The van der Waals surface area contributed by atoms with Crippen LogP contribution >= 0.6 is 11.3 Å². The van der Waals surface area contributed by atoms with Crippen LogP contribution in [0.15, 0.2) is 11.2 Å². The predicted octanol–water partition coefficient (Wildman–Crippen LogP) is 3.76. The molecule has 0 aliphatic rings. The molecule has 0 radical (unpaired) electrons. The maximum Gasteiger partial charge on any atom is 0.191 e. The Labute approximate surface area is 139 Å². The number of rotatable bonds is 7. The lowest BCUT2D eigenvalue weighted by molar-refractivity contribution is 0.346. The van der Waals surface area contributed by atoms with Crippen LogP contribution in [0.2, 0.25) is 0 Å². The van der Waals surface area contributed by atoms with Crippen molar-refractivity contribution >= 4 is 17.3 Å². The molecule has 126 valence electrons. The molecule has 0 aliphatic heterocycles. The number of nitrogens with one attached hydrogen (secondary N) is 2. The Hall–Kier alpha value is -1.10. The Morgan fingerprint density at radius 2 is 2.14 bits per heavy atom. The average molecular weight is 325 g/mol. The maximum atomic E-state index is 4.66. The molecule has 0 bridgehead atoms. The molecule has 1 heterocycles. The van der Waals surface area contributed by atoms with Gasteiger partial charge in [0.15, 0.2) is 5.96 Å². The van der Waals surface area contributed by atoms with Crippen LogP contribution in [0.3, 0.4) is 0 Å². The third kappa shape index (κ3) is 8.37. The van der Waals surface area contributed by atoms with Gasteiger partial charge in [-0.05, 0) is 39.0 Å². The first-order valence-electron chi connectivity index (χ1n) is 8.26. The fraction of sp³-hybridized carbons (Fsp3) is 0.765. The van der Waals surface area contributed by atoms with E-state index < -0.39 is 0 Å². The summed E-state index contributed by atoms with van der Waals surface area (Å²) in [6.07, 6.45) is 5.20. The lowest BCUT2D eigenvalue weighted by Crippen LogP contribution is -2.42. The number of guanidine groups is 1. The van der Waals surface area contributed by atoms with E-state index in [1.165, 1.54) is 11.3 Å². The zero-order valence-electron chi connectivity index (χ0n) is 15.0. The van der Waals surface area contributed by atoms with E-state index in [1.807, 2.05) is 6.20 Å². The minimum atomic E-state index is 0.383. The van der Waals surface area contributed by atoms with E-state index in [1.54, 1.807) is 11.3 Å². The van der Waals surface area contributed by atoms with Gasteiger partial charge >= 0.3 is 0 Å². The van der Waals surface area contributed by atoms with Gasteiger partial charge in [0.1, 0.15) is 0 Å². The number of aromatic nitrogens is 1. The van der Waals surface area contributed by atoms with Crippen LogP contribution in [0.5, 0.6) is 0 Å². The summed E-state index contributed by atoms with van der Waals surface area (Å²) in [5.41, 5.74) is 0.383. The van der Waals surface area contributed by atoms with Gasteiger partial charge in [0, 0.05) is 36.6 Å². The zero-order chi connectivity index (χ0) is 16.6. The first-order chi connectivity index (χ1) is 10.3. The van der Waals surface area contributed by atoms with Gasteiger partial charge in [0.2, 0.25) is 0 Å². The summed E-state index contributed by atoms with van der Waals surface area (Å²) >= 11 is 1.76. The fourth-order valence-electron chi connectivity index (χ4n) is 2.06. The monoisotopic (exact) mass is 324 g/mol. The van der Waals surface area contributed by atoms with Gasteiger partial charge in [-0.1, -0.05) is 20.8 Å². The zero-order valence-corrected chi connectivity index (χ0v) is 15.8. The molecule has 22 heavy (non-hydrogen) atoms. The van der Waals surface area contributed by atoms with Crippen LogP contribution in [-0.2, 0) is 6.42 Å². The van der Waals surface area contributed by atoms with Crippen LogP contribution < -0.4 is 10.6 Å². The normalized spacial score (nSPS) is 14.0. The molecule has 5 heteroatoms. The van der Waals surface area contributed by atoms with Crippen molar-refractivity contribution in [3.63, 3.8) is 0 Å². The number of hydrogen-bond donors (Lipinski definition) is 2. The van der Waals surface area contributed by atoms with Crippen molar-refractivity contribution in [2.24, 2.45) is 10.4 Å². The second kappa shape index (κ2) is 9.13. The largest absolute Gasteiger partial charge is 0.357 e. The Kier molecular flexibility index (Phi) is 7.87. The molecule has 0 aliphatic carbocycles. The third-order valence-corrected chi connectivity index (χ3v) is 4.29. The lowest BCUT2D eigenvalue weighted by Gasteiger charge is -2.23. The summed E-state index contributed by atoms with van der Waals surface area (Å²) < 4.78 is 0. The second-order valence-electron chi connectivity index (χ2n) is 7.02. The molecule has 1 atom stereocenters. The molecule has 2 N–H and O–H groups in total. The van der Waals surface area contributed by atoms with Crippen LogP contribution in [0.25, 0.3) is 0 Å². The predicted molar refractivity (Wildman–Crippen MR) is 97.8 cm³/mol. The molecule has 0 aromatic carbocycles. The summed E-state index contributed by atoms with van der Waals surface area (Å²) in [5.74, 6) is 0.914. The number of thiazole rings is 1. The molecule has 0 saturated carbocycles. The Balaban J connectivity index is 2.44. The van der Waals surface area contributed by atoms with Crippen molar-refractivity contribution in [3.8, 4) is 0 Å². The number of aryl methyl sites for hydroxylation is 1. The van der Waals surface area contributed by atoms with Crippen molar-refractivity contribution in [3.05, 3.63) is 16.1 Å². The van der Waals surface area contributed by atoms with Crippen LogP contribution in [0.4, 0.5) is 0 Å². The standard InChI is InChI=1S/C17H32N4S/c1-7-18-16(21-13(2)8-10-17(4,5)6)19-11-9-15-20-12-14(3)22-15/h12-13H,7-11H2,1-6H3,(H2,18,19,21). The minimum Gasteiger partial charge on any atom is -0.357 e. The maximum absolute atomic E-state index is 4.66. The molecule has 1 rings (SSSR count). The quantitative estimate of drug-likeness (QED) is 0.593. The highest BCUT2D eigenvalue weighted by atomic mass is 32.1. The molecule has 0 spiro atoms. The number of hydrogen-bond acceptors (Lipinski definition) is 3. The molecule has 1 aromatic rings. The van der Waals surface area contributed by atoms with Crippen molar-refractivity contribution < 1.29 is 0 Å². The Morgan fingerprint density at radius 3 is 2.68 bits per heavy atom. The summed E-state index contributed by atoms with van der Waals surface area (Å²) in [5, 5.41) is 7.99. The molecular weight excluding hydrogens is 292 g/mol. The first kappa shape index (κ1) is 18.9. The van der Waals surface area contributed by atoms with Gasteiger partial charge in [0.25, 0.3) is 0 Å². The SMILES string of the molecule is CCNC(=NCCc1ncc(C)s1)NC(C)CCC(C)(C)C. The molecular formula is C17H32N4S. The van der Waals surface area contributed by atoms with Gasteiger partial charge in [-0.25, -0.2) is 4.98 Å². The van der Waals surface area contributed by atoms with Crippen LogP contribution in [0.1, 0.15) is 57.3 Å². The van der Waals surface area contributed by atoms with Gasteiger partial charge in [-0.2, -0.15) is 0 Å². The summed E-state index contributed by atoms with van der Waals surface area (Å²) in [7, 11) is 0. The summed E-state index contributed by atoms with van der Waals surface area (Å²) in [6, 6.07) is 0.430. The van der Waals surface area contributed by atoms with E-state index >= 15 is 0 Å². The molecule has 0 amide bonds. The molecule has 1 aromatic heterocycles. The smallest absolute Gasteiger partial charge is 0.191 e. The molecule has 1 unspecified atom stereocenters. The van der Waals surface area contributed by atoms with Gasteiger partial charge in [0.05, 0.1) is 5.01 Å². The van der Waals surface area contributed by atoms with E-state index in [2.05, 4.69) is 62.2 Å². The van der Waals surface area contributed by atoms with Crippen molar-refractivity contribution in [1.82, 2.24) is 15.6 Å². The Morgan fingerprint density at radius 1 is 1.41 bits per heavy atom. The molecule has 4 nitrogen and oxygen atoms in total. The highest BCUT2D eigenvalue weighted by molar-refractivity contribution is 7.11. The highest BCUT2D eigenvalue weighted by Crippen LogP contribution is 2.21. The molecule has 0 saturated heterocycles. The topological polar surface area (TPSA) is 49.3 Å². The Bertz CT molecular complexity index is 459. The second-order valence-corrected chi connectivity index (χ2v) is 8.34. The number of aliphatic imine (C=N–C) groups is 1. The van der Waals surface area contributed by atoms with E-state index in [0.29, 0.717) is 11.5 Å². The van der Waals surface area contributed by atoms with Gasteiger partial charge < -0.3 is 10.6 Å². The van der Waals surface area contributed by atoms with E-state index in [-0.39, 0.29) is 0 Å². The van der Waals surface area contributed by atoms with Gasteiger partial charge in [-0.3, -0.25) is 4.99 Å². The fourth-order valence-corrected chi connectivity index (χ4v) is 2.83. The lowest BCUT2D eigenvalue weighted by atomic mass is 9.89. The van der Waals surface area contributed by atoms with E-state index in [4.69, 9.17) is 0 Å². The number of nitrogens with zero attached hydrogens (tertiary/aromatic N) is 2.